The zero-order valence-corrected chi connectivity index (χ0v) is 14.4. The van der Waals surface area contributed by atoms with Crippen molar-refractivity contribution in [2.75, 3.05) is 20.1 Å². The molecular formula is C17H29N3O2. The van der Waals surface area contributed by atoms with Gasteiger partial charge in [-0.05, 0) is 59.7 Å². The fraction of sp³-hybridized carbons (Fsp3) is 0.706. The molecule has 2 atom stereocenters. The summed E-state index contributed by atoms with van der Waals surface area (Å²) in [6, 6.07) is 4.65. The molecule has 1 aliphatic rings. The van der Waals surface area contributed by atoms with E-state index in [1.165, 1.54) is 5.69 Å². The van der Waals surface area contributed by atoms with E-state index in [0.29, 0.717) is 6.04 Å². The van der Waals surface area contributed by atoms with Crippen LogP contribution in [0, 0.1) is 0 Å². The quantitative estimate of drug-likeness (QED) is 0.927. The third-order valence-electron chi connectivity index (χ3n) is 4.24. The molecule has 5 heteroatoms. The number of likely N-dealkylation sites (N-methyl/N-ethyl adjacent to an activating group) is 1. The van der Waals surface area contributed by atoms with Crippen LogP contribution in [0.25, 0.3) is 0 Å². The maximum absolute atomic E-state index is 12.3. The van der Waals surface area contributed by atoms with Gasteiger partial charge in [-0.2, -0.15) is 0 Å². The second-order valence-corrected chi connectivity index (χ2v) is 7.21. The molecule has 0 spiro atoms. The van der Waals surface area contributed by atoms with E-state index >= 15 is 0 Å². The largest absolute Gasteiger partial charge is 0.444 e. The molecule has 22 heavy (non-hydrogen) atoms. The van der Waals surface area contributed by atoms with Crippen LogP contribution in [0.15, 0.2) is 18.3 Å². The highest BCUT2D eigenvalue weighted by molar-refractivity contribution is 5.69. The summed E-state index contributed by atoms with van der Waals surface area (Å²) in [5.41, 5.74) is 0.762. The van der Waals surface area contributed by atoms with Crippen LogP contribution < -0.4 is 0 Å². The summed E-state index contributed by atoms with van der Waals surface area (Å²) in [4.78, 5) is 19.8. The minimum Gasteiger partial charge on any atom is -0.444 e. The number of carbonyl (C=O) groups is 1. The molecule has 124 valence electrons. The fourth-order valence-electron chi connectivity index (χ4n) is 2.92. The van der Waals surface area contributed by atoms with Crippen molar-refractivity contribution in [1.29, 1.82) is 0 Å². The monoisotopic (exact) mass is 307 g/mol. The average molecular weight is 307 g/mol. The van der Waals surface area contributed by atoms with E-state index in [4.69, 9.17) is 4.74 Å². The van der Waals surface area contributed by atoms with Crippen LogP contribution in [0.2, 0.25) is 0 Å². The maximum Gasteiger partial charge on any atom is 0.410 e. The molecule has 0 unspecified atom stereocenters. The number of ether oxygens (including phenoxy) is 1. The lowest BCUT2D eigenvalue weighted by atomic mass is 10.1. The number of nitrogens with zero attached hydrogens (tertiary/aromatic N) is 2. The molecule has 0 aliphatic carbocycles. The zero-order chi connectivity index (χ0) is 16.3. The van der Waals surface area contributed by atoms with Crippen molar-refractivity contribution in [2.45, 2.75) is 58.2 Å². The lowest BCUT2D eigenvalue weighted by Crippen LogP contribution is -2.44. The third kappa shape index (κ3) is 4.26. The Balaban J connectivity index is 1.94. The van der Waals surface area contributed by atoms with E-state index in [2.05, 4.69) is 29.9 Å². The molecule has 0 bridgehead atoms. The first-order valence-electron chi connectivity index (χ1n) is 8.11. The van der Waals surface area contributed by atoms with Crippen molar-refractivity contribution >= 4 is 6.09 Å². The number of carbonyl (C=O) groups excluding carboxylic acids is 1. The highest BCUT2D eigenvalue weighted by atomic mass is 16.6. The van der Waals surface area contributed by atoms with Crippen LogP contribution in [0.3, 0.4) is 0 Å². The Kier molecular flexibility index (Phi) is 5.16. The predicted molar refractivity (Wildman–Crippen MR) is 87.8 cm³/mol. The molecule has 1 amide bonds. The first-order valence-corrected chi connectivity index (χ1v) is 8.11. The van der Waals surface area contributed by atoms with E-state index < -0.39 is 5.60 Å². The van der Waals surface area contributed by atoms with Crippen molar-refractivity contribution in [1.82, 2.24) is 14.8 Å². The molecule has 2 rings (SSSR count). The Morgan fingerprint density at radius 1 is 1.55 bits per heavy atom. The van der Waals surface area contributed by atoms with Gasteiger partial charge in [0.15, 0.2) is 0 Å². The summed E-state index contributed by atoms with van der Waals surface area (Å²) < 4.78 is 5.53. The van der Waals surface area contributed by atoms with Gasteiger partial charge in [-0.3, -0.25) is 4.90 Å². The molecule has 1 aliphatic heterocycles. The van der Waals surface area contributed by atoms with E-state index in [1.54, 1.807) is 0 Å². The number of aromatic amines is 1. The Bertz CT molecular complexity index is 479. The summed E-state index contributed by atoms with van der Waals surface area (Å²) in [5.74, 6) is 0. The Morgan fingerprint density at radius 2 is 2.27 bits per heavy atom. The van der Waals surface area contributed by atoms with Gasteiger partial charge >= 0.3 is 6.09 Å². The molecular weight excluding hydrogens is 278 g/mol. The summed E-state index contributed by atoms with van der Waals surface area (Å²) in [5, 5.41) is 0. The number of amides is 1. The smallest absolute Gasteiger partial charge is 0.410 e. The van der Waals surface area contributed by atoms with Gasteiger partial charge in [-0.15, -0.1) is 0 Å². The topological polar surface area (TPSA) is 48.6 Å². The summed E-state index contributed by atoms with van der Waals surface area (Å²) in [6.45, 7) is 9.57. The molecule has 1 fully saturated rings. The van der Waals surface area contributed by atoms with Crippen LogP contribution >= 0.6 is 0 Å². The molecule has 1 aromatic rings. The summed E-state index contributed by atoms with van der Waals surface area (Å²) in [6.07, 6.45) is 3.86. The van der Waals surface area contributed by atoms with Crippen LogP contribution in [0.5, 0.6) is 0 Å². The minimum atomic E-state index is -0.437. The Hall–Kier alpha value is -1.49. The number of hydrogen-bond acceptors (Lipinski definition) is 3. The van der Waals surface area contributed by atoms with E-state index in [-0.39, 0.29) is 12.1 Å². The lowest BCUT2D eigenvalue weighted by molar-refractivity contribution is 0.0193. The summed E-state index contributed by atoms with van der Waals surface area (Å²) in [7, 11) is 2.11. The van der Waals surface area contributed by atoms with E-state index in [9.17, 15) is 4.79 Å². The molecule has 1 aromatic heterocycles. The van der Waals surface area contributed by atoms with Crippen LogP contribution in [0.4, 0.5) is 4.79 Å². The van der Waals surface area contributed by atoms with Crippen LogP contribution in [0.1, 0.15) is 52.3 Å². The Morgan fingerprint density at radius 3 is 2.86 bits per heavy atom. The maximum atomic E-state index is 12.3. The molecule has 0 aromatic carbocycles. The minimum absolute atomic E-state index is 0.184. The van der Waals surface area contributed by atoms with Crippen molar-refractivity contribution in [3.05, 3.63) is 24.0 Å². The molecule has 1 N–H and O–H groups in total. The van der Waals surface area contributed by atoms with Crippen LogP contribution in [-0.2, 0) is 4.74 Å². The number of rotatable bonds is 4. The van der Waals surface area contributed by atoms with Crippen molar-refractivity contribution in [3.63, 3.8) is 0 Å². The molecule has 2 heterocycles. The first kappa shape index (κ1) is 16.9. The van der Waals surface area contributed by atoms with Gasteiger partial charge < -0.3 is 14.6 Å². The van der Waals surface area contributed by atoms with E-state index in [0.717, 1.165) is 25.9 Å². The highest BCUT2D eigenvalue weighted by Gasteiger charge is 2.33. The van der Waals surface area contributed by atoms with Crippen molar-refractivity contribution in [3.8, 4) is 0 Å². The van der Waals surface area contributed by atoms with Crippen molar-refractivity contribution in [2.24, 2.45) is 0 Å². The Labute approximate surface area is 133 Å². The number of hydrogen-bond donors (Lipinski definition) is 1. The zero-order valence-electron chi connectivity index (χ0n) is 14.4. The standard InChI is InChI=1S/C17H29N3O2/c1-13(15-9-6-10-18-15)19(5)12-14-8-7-11-20(14)16(21)22-17(2,3)4/h6,9-10,13-14,18H,7-8,11-12H2,1-5H3/t13-,14+/m1/s1. The predicted octanol–water partition coefficient (Wildman–Crippen LogP) is 3.41. The number of nitrogens with one attached hydrogen (secondary N) is 1. The normalized spacial score (nSPS) is 20.5. The van der Waals surface area contributed by atoms with Crippen LogP contribution in [-0.4, -0.2) is 52.7 Å². The van der Waals surface area contributed by atoms with Crippen molar-refractivity contribution < 1.29 is 9.53 Å². The average Bonchev–Trinajstić information content (AvgIpc) is 3.06. The first-order chi connectivity index (χ1) is 10.3. The van der Waals surface area contributed by atoms with Gasteiger partial charge in [-0.1, -0.05) is 0 Å². The third-order valence-corrected chi connectivity index (χ3v) is 4.24. The fourth-order valence-corrected chi connectivity index (χ4v) is 2.92. The number of H-pyrrole nitrogens is 1. The van der Waals surface area contributed by atoms with Gasteiger partial charge in [0, 0.05) is 37.1 Å². The van der Waals surface area contributed by atoms with Gasteiger partial charge in [0.25, 0.3) is 0 Å². The lowest BCUT2D eigenvalue weighted by Gasteiger charge is -2.32. The van der Waals surface area contributed by atoms with Gasteiger partial charge in [0.05, 0.1) is 0 Å². The second kappa shape index (κ2) is 6.73. The number of likely N-dealkylation sites (tertiary alicyclic amines) is 1. The van der Waals surface area contributed by atoms with E-state index in [1.807, 2.05) is 37.9 Å². The molecule has 1 saturated heterocycles. The SMILES string of the molecule is C[C@H](c1ccc[nH]1)N(C)C[C@@H]1CCCN1C(=O)OC(C)(C)C. The van der Waals surface area contributed by atoms with Gasteiger partial charge in [-0.25, -0.2) is 4.79 Å². The van der Waals surface area contributed by atoms with Gasteiger partial charge in [0.2, 0.25) is 0 Å². The summed E-state index contributed by atoms with van der Waals surface area (Å²) >= 11 is 0. The number of aromatic nitrogens is 1. The molecule has 5 nitrogen and oxygen atoms in total. The molecule has 0 saturated carbocycles. The highest BCUT2D eigenvalue weighted by Crippen LogP contribution is 2.24. The van der Waals surface area contributed by atoms with Gasteiger partial charge in [0.1, 0.15) is 5.60 Å². The molecule has 0 radical (unpaired) electrons. The second-order valence-electron chi connectivity index (χ2n) is 7.21.